The smallest absolute Gasteiger partial charge is 0.268 e. The summed E-state index contributed by atoms with van der Waals surface area (Å²) in [5.41, 5.74) is 2.20. The van der Waals surface area contributed by atoms with Gasteiger partial charge in [-0.3, -0.25) is 9.59 Å². The Kier molecular flexibility index (Phi) is 5.47. The van der Waals surface area contributed by atoms with E-state index >= 15 is 0 Å². The molecule has 2 aromatic heterocycles. The van der Waals surface area contributed by atoms with E-state index in [0.717, 1.165) is 33.7 Å². The normalized spacial score (nSPS) is 17.7. The third kappa shape index (κ3) is 4.12. The molecule has 1 fully saturated rings. The number of nitrogens with one attached hydrogen (secondary N) is 3. The molecule has 1 atom stereocenters. The number of halogens is 2. The van der Waals surface area contributed by atoms with Crippen molar-refractivity contribution in [2.45, 2.75) is 18.6 Å². The lowest BCUT2D eigenvalue weighted by molar-refractivity contribution is -0.149. The van der Waals surface area contributed by atoms with Gasteiger partial charge in [0.1, 0.15) is 5.82 Å². The summed E-state index contributed by atoms with van der Waals surface area (Å²) in [6.07, 6.45) is -0.0724. The minimum Gasteiger partial charge on any atom is -0.372 e. The van der Waals surface area contributed by atoms with Crippen LogP contribution in [0.2, 0.25) is 5.02 Å². The van der Waals surface area contributed by atoms with Crippen molar-refractivity contribution in [3.8, 4) is 11.5 Å². The minimum absolute atomic E-state index is 0.0724. The first-order chi connectivity index (χ1) is 17.8. The Morgan fingerprint density at radius 3 is 2.76 bits per heavy atom. The molecule has 1 aliphatic rings. The fourth-order valence-corrected chi connectivity index (χ4v) is 4.94. The molecule has 37 heavy (non-hydrogen) atoms. The number of rotatable bonds is 5. The second kappa shape index (κ2) is 8.72. The molecule has 4 N–H and O–H groups in total. The van der Waals surface area contributed by atoms with Crippen molar-refractivity contribution in [2.75, 3.05) is 11.4 Å². The minimum atomic E-state index is -2.22. The van der Waals surface area contributed by atoms with Crippen molar-refractivity contribution in [1.29, 1.82) is 0 Å². The molecular formula is C27H21ClFN5O3. The predicted molar refractivity (Wildman–Crippen MR) is 139 cm³/mol. The van der Waals surface area contributed by atoms with E-state index in [1.54, 1.807) is 6.07 Å². The Morgan fingerprint density at radius 2 is 1.95 bits per heavy atom. The van der Waals surface area contributed by atoms with Crippen molar-refractivity contribution >= 4 is 51.0 Å². The molecule has 0 radical (unpaired) electrons. The molecular weight excluding hydrogens is 497 g/mol. The molecule has 0 bridgehead atoms. The molecule has 1 aliphatic heterocycles. The average Bonchev–Trinajstić information content (AvgIpc) is 3.57. The highest BCUT2D eigenvalue weighted by molar-refractivity contribution is 6.30. The first-order valence-corrected chi connectivity index (χ1v) is 12.0. The number of carbonyl (C=O) groups excluding carboxylic acids is 2. The number of H-pyrrole nitrogens is 2. The highest BCUT2D eigenvalue weighted by Crippen LogP contribution is 2.32. The number of para-hydroxylation sites is 2. The number of aromatic nitrogens is 3. The lowest BCUT2D eigenvalue weighted by Crippen LogP contribution is -2.52. The van der Waals surface area contributed by atoms with Gasteiger partial charge in [-0.25, -0.2) is 9.37 Å². The van der Waals surface area contributed by atoms with E-state index < -0.39 is 23.2 Å². The van der Waals surface area contributed by atoms with E-state index in [4.69, 9.17) is 11.6 Å². The van der Waals surface area contributed by atoms with Crippen LogP contribution in [-0.2, 0) is 16.1 Å². The van der Waals surface area contributed by atoms with Crippen LogP contribution >= 0.6 is 11.6 Å². The maximum absolute atomic E-state index is 13.6. The molecule has 0 saturated carbocycles. The van der Waals surface area contributed by atoms with Crippen LogP contribution in [0.3, 0.4) is 0 Å². The zero-order valence-corrected chi connectivity index (χ0v) is 20.1. The van der Waals surface area contributed by atoms with Gasteiger partial charge >= 0.3 is 0 Å². The fraction of sp³-hybridized carbons (Fsp3) is 0.148. The maximum atomic E-state index is 13.6. The highest BCUT2D eigenvalue weighted by atomic mass is 35.5. The van der Waals surface area contributed by atoms with E-state index in [0.29, 0.717) is 17.1 Å². The second-order valence-electron chi connectivity index (χ2n) is 9.08. The second-order valence-corrected chi connectivity index (χ2v) is 9.52. The summed E-state index contributed by atoms with van der Waals surface area (Å²) in [6.45, 7) is 0.0900. The third-order valence-corrected chi connectivity index (χ3v) is 6.83. The van der Waals surface area contributed by atoms with Crippen LogP contribution in [0.4, 0.5) is 10.1 Å². The van der Waals surface area contributed by atoms with Gasteiger partial charge < -0.3 is 25.3 Å². The van der Waals surface area contributed by atoms with Crippen LogP contribution in [-0.4, -0.2) is 44.0 Å². The Bertz CT molecular complexity index is 1640. The molecule has 6 rings (SSSR count). The Hall–Kier alpha value is -4.21. The maximum Gasteiger partial charge on any atom is 0.268 e. The molecule has 186 valence electrons. The van der Waals surface area contributed by atoms with Crippen molar-refractivity contribution in [3.05, 3.63) is 83.1 Å². The molecule has 8 nitrogen and oxygen atoms in total. The van der Waals surface area contributed by atoms with Crippen LogP contribution in [0.5, 0.6) is 0 Å². The number of fused-ring (bicyclic) bond motifs is 2. The summed E-state index contributed by atoms with van der Waals surface area (Å²) in [7, 11) is 0. The number of hydrogen-bond acceptors (Lipinski definition) is 4. The van der Waals surface area contributed by atoms with Crippen molar-refractivity contribution in [3.63, 3.8) is 0 Å². The predicted octanol–water partition coefficient (Wildman–Crippen LogP) is 4.29. The van der Waals surface area contributed by atoms with Gasteiger partial charge in [0.05, 0.1) is 16.7 Å². The monoisotopic (exact) mass is 517 g/mol. The molecule has 1 unspecified atom stereocenters. The topological polar surface area (TPSA) is 114 Å². The van der Waals surface area contributed by atoms with Crippen LogP contribution in [0, 0.1) is 5.82 Å². The van der Waals surface area contributed by atoms with Gasteiger partial charge in [-0.1, -0.05) is 23.7 Å². The number of benzene rings is 3. The third-order valence-electron chi connectivity index (χ3n) is 6.61. The Morgan fingerprint density at radius 1 is 1.11 bits per heavy atom. The number of aromatic amines is 2. The molecule has 10 heteroatoms. The summed E-state index contributed by atoms with van der Waals surface area (Å²) in [5.74, 6) is -1.39. The van der Waals surface area contributed by atoms with Crippen molar-refractivity contribution in [1.82, 2.24) is 20.3 Å². The number of hydrogen-bond donors (Lipinski definition) is 4. The SMILES string of the molecule is O=C(NCc1cc(F)cc(Cl)c1)C1(O)CCN(c2ccc3[nH]c(-c4nc5ccccc5[nH]4)cc3c2)C1=O. The van der Waals surface area contributed by atoms with Gasteiger partial charge in [0, 0.05) is 41.1 Å². The van der Waals surface area contributed by atoms with Crippen molar-refractivity contribution in [2.24, 2.45) is 0 Å². The summed E-state index contributed by atoms with van der Waals surface area (Å²) < 4.78 is 13.6. The molecule has 0 spiro atoms. The van der Waals surface area contributed by atoms with Crippen LogP contribution in [0.25, 0.3) is 33.5 Å². The summed E-state index contributed by atoms with van der Waals surface area (Å²) in [5, 5.41) is 14.5. The molecule has 2 amide bonds. The van der Waals surface area contributed by atoms with Gasteiger partial charge in [0.25, 0.3) is 11.8 Å². The lowest BCUT2D eigenvalue weighted by Gasteiger charge is -2.22. The van der Waals surface area contributed by atoms with E-state index in [1.807, 2.05) is 42.5 Å². The first-order valence-electron chi connectivity index (χ1n) is 11.7. The molecule has 3 aromatic carbocycles. The number of nitrogens with zero attached hydrogens (tertiary/aromatic N) is 2. The van der Waals surface area contributed by atoms with Crippen molar-refractivity contribution < 1.29 is 19.1 Å². The average molecular weight is 518 g/mol. The molecule has 5 aromatic rings. The number of amides is 2. The highest BCUT2D eigenvalue weighted by Gasteiger charge is 2.51. The zero-order chi connectivity index (χ0) is 25.7. The van der Waals surface area contributed by atoms with E-state index in [-0.39, 0.29) is 24.5 Å². The Labute approximate surface area is 215 Å². The summed E-state index contributed by atoms with van der Waals surface area (Å²) in [6, 6.07) is 19.0. The van der Waals surface area contributed by atoms with Crippen LogP contribution in [0.15, 0.2) is 66.7 Å². The lowest BCUT2D eigenvalue weighted by atomic mass is 10.0. The van der Waals surface area contributed by atoms with Crippen LogP contribution < -0.4 is 10.2 Å². The zero-order valence-electron chi connectivity index (χ0n) is 19.4. The van der Waals surface area contributed by atoms with Gasteiger partial charge in [0.15, 0.2) is 5.82 Å². The number of imidazole rings is 1. The first kappa shape index (κ1) is 23.2. The number of aliphatic hydroxyl groups is 1. The molecule has 1 saturated heterocycles. The molecule has 3 heterocycles. The fourth-order valence-electron chi connectivity index (χ4n) is 4.70. The summed E-state index contributed by atoms with van der Waals surface area (Å²) >= 11 is 5.86. The Balaban J connectivity index is 1.21. The van der Waals surface area contributed by atoms with E-state index in [9.17, 15) is 19.1 Å². The quantitative estimate of drug-likeness (QED) is 0.260. The van der Waals surface area contributed by atoms with Gasteiger partial charge in [-0.15, -0.1) is 0 Å². The van der Waals surface area contributed by atoms with Gasteiger partial charge in [0.2, 0.25) is 5.60 Å². The number of carbonyl (C=O) groups is 2. The standard InChI is InChI=1S/C27H21ClFN5O3/c28-17-9-15(10-18(29)13-17)14-30-25(35)27(37)7-8-34(26(27)36)19-5-6-20-16(11-19)12-23(31-20)24-32-21-3-1-2-4-22(21)33-24/h1-6,9-13,31,37H,7-8,14H2,(H,30,35)(H,32,33). The van der Waals surface area contributed by atoms with Gasteiger partial charge in [-0.05, 0) is 60.2 Å². The van der Waals surface area contributed by atoms with E-state index in [2.05, 4.69) is 20.3 Å². The van der Waals surface area contributed by atoms with E-state index in [1.165, 1.54) is 17.0 Å². The largest absolute Gasteiger partial charge is 0.372 e. The van der Waals surface area contributed by atoms with Gasteiger partial charge in [-0.2, -0.15) is 0 Å². The van der Waals surface area contributed by atoms with Crippen LogP contribution in [0.1, 0.15) is 12.0 Å². The summed E-state index contributed by atoms with van der Waals surface area (Å²) in [4.78, 5) is 38.6. The molecule has 0 aliphatic carbocycles. The number of anilines is 1.